The number of nitrogens with one attached hydrogen (secondary N) is 1. The molecular weight excluding hydrogens is 352 g/mol. The molecule has 24 heavy (non-hydrogen) atoms. The number of esters is 1. The van der Waals surface area contributed by atoms with Gasteiger partial charge < -0.3 is 10.1 Å². The van der Waals surface area contributed by atoms with Gasteiger partial charge in [0, 0.05) is 11.9 Å². The standard InChI is InChI=1S/C15H22N2O5S2/c1-10(14(18)17-8-11-5-3-2-4-6-11)22-15(19)12-7-13(23-9-12)24(16,20)21/h7,9-11H,2-6,8H2,1H3,(H,17,18)(H2,16,20,21). The second-order valence-corrected chi connectivity index (χ2v) is 8.70. The Kier molecular flexibility index (Phi) is 6.36. The molecule has 1 aromatic rings. The zero-order chi connectivity index (χ0) is 17.7. The molecule has 1 aliphatic carbocycles. The van der Waals surface area contributed by atoms with Gasteiger partial charge >= 0.3 is 5.97 Å². The maximum Gasteiger partial charge on any atom is 0.339 e. The van der Waals surface area contributed by atoms with Gasteiger partial charge in [-0.1, -0.05) is 19.3 Å². The normalized spacial score (nSPS) is 17.2. The van der Waals surface area contributed by atoms with Crippen molar-refractivity contribution in [1.82, 2.24) is 5.32 Å². The van der Waals surface area contributed by atoms with Crippen LogP contribution < -0.4 is 10.5 Å². The minimum atomic E-state index is -3.85. The molecule has 9 heteroatoms. The zero-order valence-corrected chi connectivity index (χ0v) is 15.1. The highest BCUT2D eigenvalue weighted by molar-refractivity contribution is 7.91. The molecule has 1 amide bonds. The predicted octanol–water partition coefficient (Wildman–Crippen LogP) is 1.64. The van der Waals surface area contributed by atoms with E-state index in [0.29, 0.717) is 12.5 Å². The number of carbonyl (C=O) groups is 2. The summed E-state index contributed by atoms with van der Waals surface area (Å²) in [5.41, 5.74) is 0.0657. The van der Waals surface area contributed by atoms with Crippen LogP contribution in [0.1, 0.15) is 49.4 Å². The summed E-state index contributed by atoms with van der Waals surface area (Å²) in [6.07, 6.45) is 4.91. The maximum atomic E-state index is 12.0. The summed E-state index contributed by atoms with van der Waals surface area (Å²) in [4.78, 5) is 24.0. The lowest BCUT2D eigenvalue weighted by atomic mass is 9.89. The highest BCUT2D eigenvalue weighted by Gasteiger charge is 2.22. The third-order valence-electron chi connectivity index (χ3n) is 4.03. The lowest BCUT2D eigenvalue weighted by Crippen LogP contribution is -2.38. The smallest absolute Gasteiger partial charge is 0.339 e. The van der Waals surface area contributed by atoms with E-state index >= 15 is 0 Å². The Labute approximate surface area is 145 Å². The fourth-order valence-electron chi connectivity index (χ4n) is 2.63. The zero-order valence-electron chi connectivity index (χ0n) is 13.5. The summed E-state index contributed by atoms with van der Waals surface area (Å²) in [5.74, 6) is -0.614. The number of hydrogen-bond donors (Lipinski definition) is 2. The summed E-state index contributed by atoms with van der Waals surface area (Å²) in [6, 6.07) is 1.15. The summed E-state index contributed by atoms with van der Waals surface area (Å²) in [7, 11) is -3.85. The van der Waals surface area contributed by atoms with E-state index in [-0.39, 0.29) is 15.7 Å². The predicted molar refractivity (Wildman–Crippen MR) is 90.2 cm³/mol. The molecule has 1 fully saturated rings. The molecular formula is C15H22N2O5S2. The molecule has 1 aromatic heterocycles. The molecule has 0 bridgehead atoms. The van der Waals surface area contributed by atoms with Crippen LogP contribution in [0.4, 0.5) is 0 Å². The molecule has 2 rings (SSSR count). The van der Waals surface area contributed by atoms with Crippen molar-refractivity contribution in [2.24, 2.45) is 11.1 Å². The highest BCUT2D eigenvalue weighted by atomic mass is 32.2. The number of nitrogens with two attached hydrogens (primary N) is 1. The van der Waals surface area contributed by atoms with E-state index in [1.807, 2.05) is 0 Å². The van der Waals surface area contributed by atoms with Crippen LogP contribution in [0.25, 0.3) is 0 Å². The summed E-state index contributed by atoms with van der Waals surface area (Å²) in [6.45, 7) is 2.08. The van der Waals surface area contributed by atoms with Gasteiger partial charge in [0.25, 0.3) is 5.91 Å². The van der Waals surface area contributed by atoms with Crippen LogP contribution in [0.5, 0.6) is 0 Å². The first kappa shape index (κ1) is 18.9. The number of amides is 1. The largest absolute Gasteiger partial charge is 0.449 e. The van der Waals surface area contributed by atoms with Crippen molar-refractivity contribution in [2.45, 2.75) is 49.3 Å². The van der Waals surface area contributed by atoms with Crippen LogP contribution >= 0.6 is 11.3 Å². The first-order valence-corrected chi connectivity index (χ1v) is 10.3. The highest BCUT2D eigenvalue weighted by Crippen LogP contribution is 2.23. The second kappa shape index (κ2) is 8.09. The van der Waals surface area contributed by atoms with Gasteiger partial charge in [-0.25, -0.2) is 18.4 Å². The van der Waals surface area contributed by atoms with Gasteiger partial charge in [-0.3, -0.25) is 4.79 Å². The Morgan fingerprint density at radius 1 is 1.38 bits per heavy atom. The molecule has 7 nitrogen and oxygen atoms in total. The van der Waals surface area contributed by atoms with Gasteiger partial charge in [-0.15, -0.1) is 11.3 Å². The SMILES string of the molecule is CC(OC(=O)c1csc(S(N)(=O)=O)c1)C(=O)NCC1CCCCC1. The van der Waals surface area contributed by atoms with Gasteiger partial charge in [0.15, 0.2) is 6.10 Å². The molecule has 1 saturated carbocycles. The van der Waals surface area contributed by atoms with Crippen molar-refractivity contribution in [1.29, 1.82) is 0 Å². The molecule has 0 spiro atoms. The van der Waals surface area contributed by atoms with Crippen molar-refractivity contribution >= 4 is 33.2 Å². The van der Waals surface area contributed by atoms with Gasteiger partial charge in [0.05, 0.1) is 5.56 Å². The van der Waals surface area contributed by atoms with E-state index in [9.17, 15) is 18.0 Å². The summed E-state index contributed by atoms with van der Waals surface area (Å²) < 4.78 is 27.4. The van der Waals surface area contributed by atoms with Crippen molar-refractivity contribution in [2.75, 3.05) is 6.54 Å². The Morgan fingerprint density at radius 2 is 2.04 bits per heavy atom. The van der Waals surface area contributed by atoms with Gasteiger partial charge in [0.1, 0.15) is 4.21 Å². The van der Waals surface area contributed by atoms with Gasteiger partial charge in [0.2, 0.25) is 10.0 Å². The van der Waals surface area contributed by atoms with Crippen LogP contribution in [0.15, 0.2) is 15.7 Å². The molecule has 0 radical (unpaired) electrons. The van der Waals surface area contributed by atoms with Crippen LogP contribution in [0.3, 0.4) is 0 Å². The Morgan fingerprint density at radius 3 is 2.62 bits per heavy atom. The summed E-state index contributed by atoms with van der Waals surface area (Å²) >= 11 is 0.835. The van der Waals surface area contributed by atoms with E-state index in [4.69, 9.17) is 9.88 Å². The molecule has 134 valence electrons. The van der Waals surface area contributed by atoms with E-state index in [2.05, 4.69) is 5.32 Å². The van der Waals surface area contributed by atoms with Crippen molar-refractivity contribution in [3.63, 3.8) is 0 Å². The Bertz CT molecular complexity index is 692. The molecule has 1 atom stereocenters. The van der Waals surface area contributed by atoms with E-state index in [1.54, 1.807) is 0 Å². The van der Waals surface area contributed by atoms with E-state index < -0.39 is 22.1 Å². The number of sulfonamides is 1. The first-order valence-electron chi connectivity index (χ1n) is 7.87. The quantitative estimate of drug-likeness (QED) is 0.734. The average molecular weight is 374 g/mol. The Balaban J connectivity index is 1.84. The van der Waals surface area contributed by atoms with E-state index in [1.165, 1.54) is 31.6 Å². The monoisotopic (exact) mass is 374 g/mol. The number of hydrogen-bond acceptors (Lipinski definition) is 6. The third kappa shape index (κ3) is 5.29. The van der Waals surface area contributed by atoms with Crippen LogP contribution in [-0.2, 0) is 19.6 Å². The number of primary sulfonamides is 1. The van der Waals surface area contributed by atoms with Crippen molar-refractivity contribution in [3.8, 4) is 0 Å². The average Bonchev–Trinajstić information content (AvgIpc) is 3.04. The number of ether oxygens (including phenoxy) is 1. The van der Waals surface area contributed by atoms with E-state index in [0.717, 1.165) is 30.2 Å². The lowest BCUT2D eigenvalue weighted by molar-refractivity contribution is -0.129. The number of rotatable bonds is 6. The molecule has 3 N–H and O–H groups in total. The number of thiophene rings is 1. The lowest BCUT2D eigenvalue weighted by Gasteiger charge is -2.22. The maximum absolute atomic E-state index is 12.0. The fourth-order valence-corrected chi connectivity index (χ4v) is 4.21. The second-order valence-electron chi connectivity index (χ2n) is 6.00. The van der Waals surface area contributed by atoms with Gasteiger partial charge in [-0.2, -0.15) is 0 Å². The summed E-state index contributed by atoms with van der Waals surface area (Å²) in [5, 5.41) is 9.15. The minimum Gasteiger partial charge on any atom is -0.449 e. The Hall–Kier alpha value is -1.45. The third-order valence-corrected chi connectivity index (χ3v) is 6.42. The molecule has 1 unspecified atom stereocenters. The van der Waals surface area contributed by atoms with Gasteiger partial charge in [-0.05, 0) is 31.7 Å². The van der Waals surface area contributed by atoms with Crippen LogP contribution in [0, 0.1) is 5.92 Å². The van der Waals surface area contributed by atoms with Crippen LogP contribution in [0.2, 0.25) is 0 Å². The van der Waals surface area contributed by atoms with Crippen molar-refractivity contribution < 1.29 is 22.7 Å². The fraction of sp³-hybridized carbons (Fsp3) is 0.600. The first-order chi connectivity index (χ1) is 11.3. The molecule has 0 aliphatic heterocycles. The molecule has 0 saturated heterocycles. The van der Waals surface area contributed by atoms with Crippen molar-refractivity contribution in [3.05, 3.63) is 17.0 Å². The number of carbonyl (C=O) groups excluding carboxylic acids is 2. The van der Waals surface area contributed by atoms with Crippen LogP contribution in [-0.4, -0.2) is 32.9 Å². The topological polar surface area (TPSA) is 116 Å². The molecule has 0 aromatic carbocycles. The molecule has 1 aliphatic rings. The molecule has 1 heterocycles. The minimum absolute atomic E-state index is 0.0657.